The van der Waals surface area contributed by atoms with Gasteiger partial charge >= 0.3 is 6.18 Å². The molecule has 1 saturated heterocycles. The summed E-state index contributed by atoms with van der Waals surface area (Å²) in [5.74, 6) is -0.443. The number of hydrogen-bond acceptors (Lipinski definition) is 2. The molecule has 0 spiro atoms. The van der Waals surface area contributed by atoms with E-state index in [2.05, 4.69) is 5.32 Å². The molecule has 1 heterocycles. The van der Waals surface area contributed by atoms with E-state index in [1.807, 2.05) is 0 Å². The Labute approximate surface area is 115 Å². The van der Waals surface area contributed by atoms with Crippen molar-refractivity contribution >= 4 is 11.8 Å². The zero-order valence-corrected chi connectivity index (χ0v) is 11.6. The minimum atomic E-state index is -4.23. The summed E-state index contributed by atoms with van der Waals surface area (Å²) in [4.78, 5) is 25.8. The van der Waals surface area contributed by atoms with Crippen molar-refractivity contribution in [2.45, 2.75) is 57.3 Å². The third-order valence-electron chi connectivity index (χ3n) is 3.76. The van der Waals surface area contributed by atoms with E-state index in [4.69, 9.17) is 0 Å². The molecule has 1 aliphatic heterocycles. The molecule has 2 aliphatic rings. The first-order chi connectivity index (χ1) is 9.12. The number of nitrogens with one attached hydrogen (secondary N) is 1. The normalized spacial score (nSPS) is 26.6. The topological polar surface area (TPSA) is 49.4 Å². The number of nitrogens with zero attached hydrogens (tertiary/aromatic N) is 1. The van der Waals surface area contributed by atoms with E-state index >= 15 is 0 Å². The highest BCUT2D eigenvalue weighted by atomic mass is 19.4. The summed E-state index contributed by atoms with van der Waals surface area (Å²) in [6, 6.07) is -0.594. The highest BCUT2D eigenvalue weighted by molar-refractivity contribution is 5.99. The summed E-state index contributed by atoms with van der Waals surface area (Å²) in [6.07, 6.45) is -3.63. The van der Waals surface area contributed by atoms with Crippen LogP contribution in [0.2, 0.25) is 0 Å². The molecule has 0 aromatic heterocycles. The van der Waals surface area contributed by atoms with E-state index in [-0.39, 0.29) is 30.7 Å². The largest absolute Gasteiger partial charge is 0.389 e. The van der Waals surface area contributed by atoms with Gasteiger partial charge < -0.3 is 10.2 Å². The van der Waals surface area contributed by atoms with Crippen LogP contribution in [-0.2, 0) is 9.59 Å². The Hall–Kier alpha value is -1.27. The summed E-state index contributed by atoms with van der Waals surface area (Å²) in [7, 11) is 0. The average Bonchev–Trinajstić information content (AvgIpc) is 3.06. The fourth-order valence-corrected chi connectivity index (χ4v) is 2.63. The van der Waals surface area contributed by atoms with Crippen LogP contribution >= 0.6 is 0 Å². The van der Waals surface area contributed by atoms with Crippen LogP contribution in [-0.4, -0.2) is 41.0 Å². The predicted octanol–water partition coefficient (Wildman–Crippen LogP) is 1.84. The third-order valence-corrected chi connectivity index (χ3v) is 3.76. The lowest BCUT2D eigenvalue weighted by Crippen LogP contribution is -2.68. The van der Waals surface area contributed by atoms with Crippen LogP contribution in [0.1, 0.15) is 39.5 Å². The number of alkyl halides is 3. The van der Waals surface area contributed by atoms with Gasteiger partial charge in [0.05, 0.1) is 0 Å². The van der Waals surface area contributed by atoms with Crippen molar-refractivity contribution < 1.29 is 22.8 Å². The first kappa shape index (κ1) is 15.1. The maximum atomic E-state index is 12.3. The molecule has 2 amide bonds. The summed E-state index contributed by atoms with van der Waals surface area (Å²) in [5, 5.41) is 2.66. The summed E-state index contributed by atoms with van der Waals surface area (Å²) in [6.45, 7) is 3.14. The summed E-state index contributed by atoms with van der Waals surface area (Å²) < 4.78 is 36.7. The number of amides is 2. The van der Waals surface area contributed by atoms with Gasteiger partial charge in [0.15, 0.2) is 0 Å². The smallest absolute Gasteiger partial charge is 0.340 e. The summed E-state index contributed by atoms with van der Waals surface area (Å²) in [5.41, 5.74) is -1.04. The van der Waals surface area contributed by atoms with Gasteiger partial charge in [-0.2, -0.15) is 13.2 Å². The fourth-order valence-electron chi connectivity index (χ4n) is 2.63. The molecule has 4 nitrogen and oxygen atoms in total. The van der Waals surface area contributed by atoms with Crippen LogP contribution in [0.25, 0.3) is 0 Å². The zero-order chi connectivity index (χ0) is 15.1. The number of piperazine rings is 1. The molecule has 1 atom stereocenters. The van der Waals surface area contributed by atoms with E-state index in [1.54, 1.807) is 13.8 Å². The van der Waals surface area contributed by atoms with Gasteiger partial charge in [0.25, 0.3) is 0 Å². The number of rotatable bonds is 4. The SMILES string of the molecule is CC1(C)NC(=O)C(C2CC2)N(CCCC(F)(F)F)C1=O. The molecule has 1 saturated carbocycles. The van der Waals surface area contributed by atoms with Crippen LogP contribution in [0.3, 0.4) is 0 Å². The van der Waals surface area contributed by atoms with E-state index in [0.717, 1.165) is 12.8 Å². The van der Waals surface area contributed by atoms with Crippen molar-refractivity contribution in [2.24, 2.45) is 5.92 Å². The molecular formula is C13H19F3N2O2. The van der Waals surface area contributed by atoms with Gasteiger partial charge in [-0.25, -0.2) is 0 Å². The summed E-state index contributed by atoms with van der Waals surface area (Å²) >= 11 is 0. The molecule has 1 N–H and O–H groups in total. The highest BCUT2D eigenvalue weighted by Gasteiger charge is 2.50. The maximum absolute atomic E-state index is 12.3. The van der Waals surface area contributed by atoms with Crippen molar-refractivity contribution in [3.8, 4) is 0 Å². The molecule has 0 aromatic carbocycles. The van der Waals surface area contributed by atoms with E-state index in [0.29, 0.717) is 0 Å². The third kappa shape index (κ3) is 3.24. The Balaban J connectivity index is 2.07. The van der Waals surface area contributed by atoms with Gasteiger partial charge in [0.2, 0.25) is 11.8 Å². The van der Waals surface area contributed by atoms with Crippen molar-refractivity contribution in [3.63, 3.8) is 0 Å². The quantitative estimate of drug-likeness (QED) is 0.859. The van der Waals surface area contributed by atoms with E-state index in [1.165, 1.54) is 4.90 Å². The first-order valence-electron chi connectivity index (χ1n) is 6.82. The number of carbonyl (C=O) groups is 2. The van der Waals surface area contributed by atoms with Crippen LogP contribution < -0.4 is 5.32 Å². The predicted molar refractivity (Wildman–Crippen MR) is 65.7 cm³/mol. The standard InChI is InChI=1S/C13H19F3N2O2/c1-12(2)11(20)18(7-3-6-13(14,15)16)9(8-4-5-8)10(19)17-12/h8-9H,3-7H2,1-2H3,(H,17,19). The van der Waals surface area contributed by atoms with E-state index in [9.17, 15) is 22.8 Å². The number of halogens is 3. The Morgan fingerprint density at radius 3 is 2.40 bits per heavy atom. The molecule has 2 rings (SSSR count). The first-order valence-corrected chi connectivity index (χ1v) is 6.82. The molecule has 0 aromatic rings. The van der Waals surface area contributed by atoms with Crippen molar-refractivity contribution in [1.82, 2.24) is 10.2 Å². The monoisotopic (exact) mass is 292 g/mol. The van der Waals surface area contributed by atoms with Crippen molar-refractivity contribution in [3.05, 3.63) is 0 Å². The molecule has 114 valence electrons. The Kier molecular flexibility index (Phi) is 3.73. The second-order valence-corrected chi connectivity index (χ2v) is 6.11. The Morgan fingerprint density at radius 1 is 1.30 bits per heavy atom. The molecule has 2 fully saturated rings. The molecule has 0 bridgehead atoms. The van der Waals surface area contributed by atoms with Crippen molar-refractivity contribution in [2.75, 3.05) is 6.54 Å². The van der Waals surface area contributed by atoms with Gasteiger partial charge in [-0.3, -0.25) is 9.59 Å². The van der Waals surface area contributed by atoms with Crippen LogP contribution in [0.5, 0.6) is 0 Å². The molecule has 0 radical (unpaired) electrons. The van der Waals surface area contributed by atoms with Gasteiger partial charge in [-0.15, -0.1) is 0 Å². The fraction of sp³-hybridized carbons (Fsp3) is 0.846. The maximum Gasteiger partial charge on any atom is 0.389 e. The van der Waals surface area contributed by atoms with Crippen LogP contribution in [0.4, 0.5) is 13.2 Å². The van der Waals surface area contributed by atoms with E-state index < -0.39 is 24.2 Å². The molecular weight excluding hydrogens is 273 g/mol. The lowest BCUT2D eigenvalue weighted by molar-refractivity contribution is -0.156. The van der Waals surface area contributed by atoms with Crippen LogP contribution in [0.15, 0.2) is 0 Å². The van der Waals surface area contributed by atoms with Gasteiger partial charge in [0, 0.05) is 13.0 Å². The minimum absolute atomic E-state index is 0.0175. The molecule has 1 unspecified atom stereocenters. The average molecular weight is 292 g/mol. The van der Waals surface area contributed by atoms with Gasteiger partial charge in [-0.1, -0.05) is 0 Å². The lowest BCUT2D eigenvalue weighted by Gasteiger charge is -2.43. The Morgan fingerprint density at radius 2 is 1.90 bits per heavy atom. The lowest BCUT2D eigenvalue weighted by atomic mass is 9.94. The molecule has 20 heavy (non-hydrogen) atoms. The Bertz CT molecular complexity index is 416. The van der Waals surface area contributed by atoms with Gasteiger partial charge in [0.1, 0.15) is 11.6 Å². The van der Waals surface area contributed by atoms with Gasteiger partial charge in [-0.05, 0) is 39.0 Å². The van der Waals surface area contributed by atoms with Crippen molar-refractivity contribution in [1.29, 1.82) is 0 Å². The minimum Gasteiger partial charge on any atom is -0.340 e. The highest BCUT2D eigenvalue weighted by Crippen LogP contribution is 2.38. The second kappa shape index (κ2) is 4.93. The zero-order valence-electron chi connectivity index (χ0n) is 11.6. The molecule has 7 heteroatoms. The number of carbonyl (C=O) groups excluding carboxylic acids is 2. The molecule has 1 aliphatic carbocycles. The number of hydrogen-bond donors (Lipinski definition) is 1. The van der Waals surface area contributed by atoms with Crippen LogP contribution in [0, 0.1) is 5.92 Å². The second-order valence-electron chi connectivity index (χ2n) is 6.11.